The van der Waals surface area contributed by atoms with Gasteiger partial charge < -0.3 is 9.80 Å². The molecule has 1 fully saturated rings. The molecule has 0 atom stereocenters. The van der Waals surface area contributed by atoms with Crippen LogP contribution in [0, 0.1) is 0 Å². The van der Waals surface area contributed by atoms with E-state index in [9.17, 15) is 4.79 Å². The SMILES string of the molecule is CN(C)C(=O)C(CCN1CCN(c2ccccc2)CC1)(c1ccccc1)c1ccccc1. The molecule has 32 heavy (non-hydrogen) atoms. The lowest BCUT2D eigenvalue weighted by Crippen LogP contribution is -2.50. The van der Waals surface area contributed by atoms with Crippen molar-refractivity contribution in [2.75, 3.05) is 51.7 Å². The molecule has 0 aromatic heterocycles. The molecule has 0 spiro atoms. The molecule has 4 heteroatoms. The lowest BCUT2D eigenvalue weighted by Gasteiger charge is -2.40. The number of likely N-dealkylation sites (N-methyl/N-ethyl adjacent to an activating group) is 1. The van der Waals surface area contributed by atoms with E-state index in [0.29, 0.717) is 0 Å². The number of nitrogens with zero attached hydrogens (tertiary/aromatic N) is 3. The van der Waals surface area contributed by atoms with E-state index >= 15 is 0 Å². The fourth-order valence-electron chi connectivity index (χ4n) is 4.83. The molecule has 0 bridgehead atoms. The highest BCUT2D eigenvalue weighted by atomic mass is 16.2. The average molecular weight is 428 g/mol. The van der Waals surface area contributed by atoms with Crippen LogP contribution in [0.3, 0.4) is 0 Å². The molecule has 4 rings (SSSR count). The molecule has 0 unspecified atom stereocenters. The standard InChI is InChI=1S/C28H33N3O/c1-29(2)27(32)28(24-12-6-3-7-13-24,25-14-8-4-9-15-25)18-19-30-20-22-31(23-21-30)26-16-10-5-11-17-26/h3-17H,18-23H2,1-2H3. The van der Waals surface area contributed by atoms with E-state index in [-0.39, 0.29) is 5.91 Å². The largest absolute Gasteiger partial charge is 0.369 e. The molecular formula is C28H33N3O. The molecule has 166 valence electrons. The first-order valence-corrected chi connectivity index (χ1v) is 11.5. The average Bonchev–Trinajstić information content (AvgIpc) is 2.86. The van der Waals surface area contributed by atoms with Crippen LogP contribution in [0.25, 0.3) is 0 Å². The molecule has 1 amide bonds. The predicted octanol–water partition coefficient (Wildman–Crippen LogP) is 4.27. The zero-order chi connectivity index (χ0) is 22.4. The lowest BCUT2D eigenvalue weighted by atomic mass is 9.70. The fourth-order valence-corrected chi connectivity index (χ4v) is 4.83. The zero-order valence-electron chi connectivity index (χ0n) is 19.2. The van der Waals surface area contributed by atoms with E-state index in [1.165, 1.54) is 5.69 Å². The highest BCUT2D eigenvalue weighted by molar-refractivity contribution is 5.91. The minimum atomic E-state index is -0.692. The van der Waals surface area contributed by atoms with E-state index in [2.05, 4.69) is 64.4 Å². The Hall–Kier alpha value is -3.11. The Bertz CT molecular complexity index is 941. The van der Waals surface area contributed by atoms with Gasteiger partial charge >= 0.3 is 0 Å². The molecule has 1 aliphatic heterocycles. The molecule has 0 radical (unpaired) electrons. The van der Waals surface area contributed by atoms with Crippen LogP contribution in [-0.4, -0.2) is 62.5 Å². The minimum Gasteiger partial charge on any atom is -0.369 e. The summed E-state index contributed by atoms with van der Waals surface area (Å²) in [6.07, 6.45) is 0.753. The van der Waals surface area contributed by atoms with Crippen molar-refractivity contribution >= 4 is 11.6 Å². The Labute approximate surface area is 192 Å². The number of hydrogen-bond acceptors (Lipinski definition) is 3. The smallest absolute Gasteiger partial charge is 0.237 e. The van der Waals surface area contributed by atoms with E-state index < -0.39 is 5.41 Å². The summed E-state index contributed by atoms with van der Waals surface area (Å²) in [6.45, 7) is 4.91. The fraction of sp³-hybridized carbons (Fsp3) is 0.321. The van der Waals surface area contributed by atoms with Gasteiger partial charge in [-0.05, 0) is 36.2 Å². The van der Waals surface area contributed by atoms with Crippen molar-refractivity contribution in [3.05, 3.63) is 102 Å². The Morgan fingerprint density at radius 1 is 0.750 bits per heavy atom. The first-order chi connectivity index (χ1) is 15.6. The Morgan fingerprint density at radius 2 is 1.22 bits per heavy atom. The molecule has 1 aliphatic rings. The molecular weight excluding hydrogens is 394 g/mol. The maximum Gasteiger partial charge on any atom is 0.237 e. The van der Waals surface area contributed by atoms with E-state index in [1.54, 1.807) is 4.90 Å². The maximum atomic E-state index is 13.8. The number of carbonyl (C=O) groups is 1. The minimum absolute atomic E-state index is 0.137. The van der Waals surface area contributed by atoms with Gasteiger partial charge in [-0.15, -0.1) is 0 Å². The number of anilines is 1. The Kier molecular flexibility index (Phi) is 6.91. The van der Waals surface area contributed by atoms with Crippen molar-refractivity contribution < 1.29 is 4.79 Å². The van der Waals surface area contributed by atoms with E-state index in [1.807, 2.05) is 50.5 Å². The Balaban J connectivity index is 1.57. The van der Waals surface area contributed by atoms with Crippen molar-refractivity contribution in [3.8, 4) is 0 Å². The van der Waals surface area contributed by atoms with Crippen LogP contribution in [0.4, 0.5) is 5.69 Å². The van der Waals surface area contributed by atoms with Gasteiger partial charge in [0, 0.05) is 46.0 Å². The third-order valence-corrected chi connectivity index (χ3v) is 6.60. The second kappa shape index (κ2) is 10.0. The van der Waals surface area contributed by atoms with Gasteiger partial charge in [0.2, 0.25) is 5.91 Å². The third kappa shape index (κ3) is 4.56. The number of amides is 1. The molecule has 0 N–H and O–H groups in total. The molecule has 4 nitrogen and oxygen atoms in total. The van der Waals surface area contributed by atoms with Crippen LogP contribution in [0.15, 0.2) is 91.0 Å². The molecule has 3 aromatic rings. The summed E-state index contributed by atoms with van der Waals surface area (Å²) in [4.78, 5) is 20.5. The van der Waals surface area contributed by atoms with Crippen LogP contribution in [0.1, 0.15) is 17.5 Å². The molecule has 1 saturated heterocycles. The predicted molar refractivity (Wildman–Crippen MR) is 132 cm³/mol. The second-order valence-electron chi connectivity index (χ2n) is 8.75. The van der Waals surface area contributed by atoms with Gasteiger partial charge in [0.05, 0.1) is 0 Å². The summed E-state index contributed by atoms with van der Waals surface area (Å²) in [6, 6.07) is 31.2. The van der Waals surface area contributed by atoms with Gasteiger partial charge in [0.15, 0.2) is 0 Å². The van der Waals surface area contributed by atoms with Crippen molar-refractivity contribution in [2.45, 2.75) is 11.8 Å². The summed E-state index contributed by atoms with van der Waals surface area (Å²) >= 11 is 0. The summed E-state index contributed by atoms with van der Waals surface area (Å²) < 4.78 is 0. The number of benzene rings is 3. The first kappa shape index (κ1) is 22.1. The number of carbonyl (C=O) groups excluding carboxylic acids is 1. The van der Waals surface area contributed by atoms with Gasteiger partial charge in [-0.1, -0.05) is 78.9 Å². The van der Waals surface area contributed by atoms with Gasteiger partial charge in [-0.2, -0.15) is 0 Å². The highest BCUT2D eigenvalue weighted by Gasteiger charge is 2.43. The number of hydrogen-bond donors (Lipinski definition) is 0. The van der Waals surface area contributed by atoms with Crippen molar-refractivity contribution in [2.24, 2.45) is 0 Å². The van der Waals surface area contributed by atoms with Crippen molar-refractivity contribution in [1.82, 2.24) is 9.80 Å². The maximum absolute atomic E-state index is 13.8. The van der Waals surface area contributed by atoms with Gasteiger partial charge in [0.1, 0.15) is 5.41 Å². The first-order valence-electron chi connectivity index (χ1n) is 11.5. The molecule has 0 saturated carbocycles. The van der Waals surface area contributed by atoms with Crippen LogP contribution in [0.2, 0.25) is 0 Å². The van der Waals surface area contributed by atoms with Crippen LogP contribution >= 0.6 is 0 Å². The summed E-state index contributed by atoms with van der Waals surface area (Å²) in [5, 5.41) is 0. The summed E-state index contributed by atoms with van der Waals surface area (Å²) in [5.74, 6) is 0.137. The monoisotopic (exact) mass is 427 g/mol. The van der Waals surface area contributed by atoms with E-state index in [4.69, 9.17) is 0 Å². The van der Waals surface area contributed by atoms with Crippen LogP contribution < -0.4 is 4.90 Å². The van der Waals surface area contributed by atoms with E-state index in [0.717, 1.165) is 50.3 Å². The number of para-hydroxylation sites is 1. The Morgan fingerprint density at radius 3 is 1.69 bits per heavy atom. The zero-order valence-corrected chi connectivity index (χ0v) is 19.2. The highest BCUT2D eigenvalue weighted by Crippen LogP contribution is 2.38. The van der Waals surface area contributed by atoms with Gasteiger partial charge in [0.25, 0.3) is 0 Å². The lowest BCUT2D eigenvalue weighted by molar-refractivity contribution is -0.133. The molecule has 1 heterocycles. The van der Waals surface area contributed by atoms with Gasteiger partial charge in [-0.25, -0.2) is 0 Å². The van der Waals surface area contributed by atoms with Crippen LogP contribution in [0.5, 0.6) is 0 Å². The van der Waals surface area contributed by atoms with Crippen molar-refractivity contribution in [1.29, 1.82) is 0 Å². The quantitative estimate of drug-likeness (QED) is 0.563. The van der Waals surface area contributed by atoms with Crippen molar-refractivity contribution in [3.63, 3.8) is 0 Å². The topological polar surface area (TPSA) is 26.8 Å². The number of rotatable bonds is 7. The van der Waals surface area contributed by atoms with Gasteiger partial charge in [-0.3, -0.25) is 9.69 Å². The summed E-state index contributed by atoms with van der Waals surface area (Å²) in [5.41, 5.74) is 2.72. The summed E-state index contributed by atoms with van der Waals surface area (Å²) in [7, 11) is 3.73. The normalized spacial score (nSPS) is 14.9. The van der Waals surface area contributed by atoms with Crippen LogP contribution in [-0.2, 0) is 10.2 Å². The second-order valence-corrected chi connectivity index (χ2v) is 8.75. The third-order valence-electron chi connectivity index (χ3n) is 6.60. The number of piperazine rings is 1. The molecule has 0 aliphatic carbocycles. The molecule has 3 aromatic carbocycles.